The molecule has 1 amide bonds. The lowest BCUT2D eigenvalue weighted by atomic mass is 10.2. The second kappa shape index (κ2) is 5.56. The molecule has 19 heavy (non-hydrogen) atoms. The number of aromatic nitrogens is 1. The van der Waals surface area contributed by atoms with Gasteiger partial charge in [0.1, 0.15) is 5.56 Å². The van der Waals surface area contributed by atoms with Crippen LogP contribution in [0.15, 0.2) is 18.3 Å². The van der Waals surface area contributed by atoms with Crippen molar-refractivity contribution in [2.75, 3.05) is 31.2 Å². The molecule has 2 rings (SSSR count). The van der Waals surface area contributed by atoms with Crippen LogP contribution in [0.25, 0.3) is 0 Å². The van der Waals surface area contributed by atoms with Crippen molar-refractivity contribution in [2.24, 2.45) is 0 Å². The minimum Gasteiger partial charge on any atom is -0.477 e. The van der Waals surface area contributed by atoms with Crippen LogP contribution in [0.3, 0.4) is 0 Å². The average Bonchev–Trinajstić information content (AvgIpc) is 2.39. The van der Waals surface area contributed by atoms with Crippen molar-refractivity contribution in [1.82, 2.24) is 9.88 Å². The Morgan fingerprint density at radius 2 is 2.11 bits per heavy atom. The maximum Gasteiger partial charge on any atom is 0.259 e. The highest BCUT2D eigenvalue weighted by Gasteiger charge is 2.27. The smallest absolute Gasteiger partial charge is 0.259 e. The molecule has 0 N–H and O–H groups in total. The van der Waals surface area contributed by atoms with Crippen LogP contribution in [0.5, 0.6) is 5.88 Å². The lowest BCUT2D eigenvalue weighted by molar-refractivity contribution is 0.0765. The van der Waals surface area contributed by atoms with Crippen LogP contribution in [0.1, 0.15) is 17.3 Å². The minimum absolute atomic E-state index is 0.0168. The summed E-state index contributed by atoms with van der Waals surface area (Å²) in [5, 5.41) is 0. The first-order chi connectivity index (χ1) is 9.03. The van der Waals surface area contributed by atoms with Crippen molar-refractivity contribution < 1.29 is 17.9 Å². The highest BCUT2D eigenvalue weighted by molar-refractivity contribution is 7.91. The zero-order valence-electron chi connectivity index (χ0n) is 10.7. The Hall–Kier alpha value is -1.63. The van der Waals surface area contributed by atoms with Gasteiger partial charge in [-0.15, -0.1) is 0 Å². The number of hydrogen-bond donors (Lipinski definition) is 0. The summed E-state index contributed by atoms with van der Waals surface area (Å²) >= 11 is 0. The molecular weight excluding hydrogens is 268 g/mol. The van der Waals surface area contributed by atoms with E-state index >= 15 is 0 Å². The van der Waals surface area contributed by atoms with E-state index in [9.17, 15) is 13.2 Å². The SMILES string of the molecule is CCOc1ncccc1C(=O)N1CCS(=O)(=O)CC1. The number of rotatable bonds is 3. The second-order valence-corrected chi connectivity index (χ2v) is 6.54. The molecular formula is C12H16N2O4S. The Balaban J connectivity index is 2.16. The van der Waals surface area contributed by atoms with Gasteiger partial charge in [-0.3, -0.25) is 4.79 Å². The summed E-state index contributed by atoms with van der Waals surface area (Å²) in [5.74, 6) is 0.0984. The van der Waals surface area contributed by atoms with Gasteiger partial charge in [0.25, 0.3) is 5.91 Å². The number of pyridine rings is 1. The molecule has 1 aliphatic heterocycles. The lowest BCUT2D eigenvalue weighted by Crippen LogP contribution is -2.43. The molecule has 0 spiro atoms. The van der Waals surface area contributed by atoms with Crippen molar-refractivity contribution in [1.29, 1.82) is 0 Å². The maximum absolute atomic E-state index is 12.3. The summed E-state index contributed by atoms with van der Waals surface area (Å²) in [6.45, 7) is 2.69. The van der Waals surface area contributed by atoms with Gasteiger partial charge in [0.05, 0.1) is 18.1 Å². The van der Waals surface area contributed by atoms with E-state index in [0.717, 1.165) is 0 Å². The van der Waals surface area contributed by atoms with E-state index in [-0.39, 0.29) is 30.5 Å². The molecule has 0 radical (unpaired) electrons. The fraction of sp³-hybridized carbons (Fsp3) is 0.500. The predicted octanol–water partition coefficient (Wildman–Crippen LogP) is 0.351. The van der Waals surface area contributed by atoms with Gasteiger partial charge in [0.2, 0.25) is 5.88 Å². The molecule has 1 aromatic rings. The van der Waals surface area contributed by atoms with E-state index in [1.54, 1.807) is 18.3 Å². The fourth-order valence-corrected chi connectivity index (χ4v) is 3.09. The molecule has 1 aromatic heterocycles. The Kier molecular flexibility index (Phi) is 4.04. The lowest BCUT2D eigenvalue weighted by Gasteiger charge is -2.27. The van der Waals surface area contributed by atoms with E-state index in [2.05, 4.69) is 4.98 Å². The Morgan fingerprint density at radius 3 is 2.74 bits per heavy atom. The van der Waals surface area contributed by atoms with E-state index in [4.69, 9.17) is 4.74 Å². The van der Waals surface area contributed by atoms with Crippen LogP contribution in [-0.2, 0) is 9.84 Å². The molecule has 1 fully saturated rings. The van der Waals surface area contributed by atoms with Crippen molar-refractivity contribution in [3.05, 3.63) is 23.9 Å². The number of amides is 1. The number of sulfone groups is 1. The minimum atomic E-state index is -2.99. The number of carbonyl (C=O) groups excluding carboxylic acids is 1. The molecule has 0 unspecified atom stereocenters. The van der Waals surface area contributed by atoms with Crippen LogP contribution in [0.2, 0.25) is 0 Å². The normalized spacial score (nSPS) is 18.1. The van der Waals surface area contributed by atoms with Crippen molar-refractivity contribution in [3.8, 4) is 5.88 Å². The Bertz CT molecular complexity index is 557. The molecule has 104 valence electrons. The quantitative estimate of drug-likeness (QED) is 0.800. The summed E-state index contributed by atoms with van der Waals surface area (Å²) in [7, 11) is -2.99. The molecule has 0 aliphatic carbocycles. The summed E-state index contributed by atoms with van der Waals surface area (Å²) in [6.07, 6.45) is 1.56. The number of ether oxygens (including phenoxy) is 1. The van der Waals surface area contributed by atoms with Crippen LogP contribution >= 0.6 is 0 Å². The number of carbonyl (C=O) groups is 1. The molecule has 0 bridgehead atoms. The van der Waals surface area contributed by atoms with E-state index < -0.39 is 9.84 Å². The highest BCUT2D eigenvalue weighted by Crippen LogP contribution is 2.18. The maximum atomic E-state index is 12.3. The largest absolute Gasteiger partial charge is 0.477 e. The van der Waals surface area contributed by atoms with Gasteiger partial charge in [-0.2, -0.15) is 0 Å². The fourth-order valence-electron chi connectivity index (χ4n) is 1.89. The molecule has 6 nitrogen and oxygen atoms in total. The highest BCUT2D eigenvalue weighted by atomic mass is 32.2. The van der Waals surface area contributed by atoms with Gasteiger partial charge < -0.3 is 9.64 Å². The first kappa shape index (κ1) is 13.8. The second-order valence-electron chi connectivity index (χ2n) is 4.23. The van der Waals surface area contributed by atoms with Crippen LogP contribution < -0.4 is 4.74 Å². The summed E-state index contributed by atoms with van der Waals surface area (Å²) < 4.78 is 28.0. The molecule has 2 heterocycles. The van der Waals surface area contributed by atoms with E-state index in [1.165, 1.54) is 4.90 Å². The van der Waals surface area contributed by atoms with Gasteiger partial charge in [0, 0.05) is 19.3 Å². The van der Waals surface area contributed by atoms with E-state index in [0.29, 0.717) is 18.1 Å². The van der Waals surface area contributed by atoms with Gasteiger partial charge in [-0.05, 0) is 19.1 Å². The Labute approximate surface area is 112 Å². The molecule has 1 aliphatic rings. The summed E-state index contributed by atoms with van der Waals surface area (Å²) in [6, 6.07) is 3.31. The predicted molar refractivity (Wildman–Crippen MR) is 70.0 cm³/mol. The zero-order chi connectivity index (χ0) is 13.9. The summed E-state index contributed by atoms with van der Waals surface area (Å²) in [4.78, 5) is 17.9. The van der Waals surface area contributed by atoms with Crippen LogP contribution in [-0.4, -0.2) is 55.4 Å². The third-order valence-electron chi connectivity index (χ3n) is 2.91. The summed E-state index contributed by atoms with van der Waals surface area (Å²) in [5.41, 5.74) is 0.378. The van der Waals surface area contributed by atoms with Crippen molar-refractivity contribution in [3.63, 3.8) is 0 Å². The topological polar surface area (TPSA) is 76.6 Å². The first-order valence-electron chi connectivity index (χ1n) is 6.11. The van der Waals surface area contributed by atoms with Gasteiger partial charge >= 0.3 is 0 Å². The van der Waals surface area contributed by atoms with Crippen molar-refractivity contribution in [2.45, 2.75) is 6.92 Å². The third kappa shape index (κ3) is 3.23. The van der Waals surface area contributed by atoms with Gasteiger partial charge in [-0.25, -0.2) is 13.4 Å². The monoisotopic (exact) mass is 284 g/mol. The Morgan fingerprint density at radius 1 is 1.42 bits per heavy atom. The van der Waals surface area contributed by atoms with Gasteiger partial charge in [0.15, 0.2) is 9.84 Å². The number of hydrogen-bond acceptors (Lipinski definition) is 5. The average molecular weight is 284 g/mol. The van der Waals surface area contributed by atoms with Crippen molar-refractivity contribution >= 4 is 15.7 Å². The number of nitrogens with zero attached hydrogens (tertiary/aromatic N) is 2. The van der Waals surface area contributed by atoms with Gasteiger partial charge in [-0.1, -0.05) is 0 Å². The molecule has 0 atom stereocenters. The standard InChI is InChI=1S/C12H16N2O4S/c1-2-18-11-10(4-3-5-13-11)12(15)14-6-8-19(16,17)9-7-14/h3-5H,2,6-9H2,1H3. The molecule has 7 heteroatoms. The van der Waals surface area contributed by atoms with Crippen LogP contribution in [0.4, 0.5) is 0 Å². The first-order valence-corrected chi connectivity index (χ1v) is 7.93. The molecule has 0 aromatic carbocycles. The third-order valence-corrected chi connectivity index (χ3v) is 4.52. The molecule has 0 saturated carbocycles. The van der Waals surface area contributed by atoms with E-state index in [1.807, 2.05) is 6.92 Å². The van der Waals surface area contributed by atoms with Crippen LogP contribution in [0, 0.1) is 0 Å². The zero-order valence-corrected chi connectivity index (χ0v) is 11.5. The molecule has 1 saturated heterocycles.